The van der Waals surface area contributed by atoms with Gasteiger partial charge in [0, 0.05) is 22.6 Å². The summed E-state index contributed by atoms with van der Waals surface area (Å²) in [6.07, 6.45) is 11.5. The van der Waals surface area contributed by atoms with E-state index in [2.05, 4.69) is 49.8 Å². The van der Waals surface area contributed by atoms with Gasteiger partial charge in [-0.2, -0.15) is 9.49 Å². The molecule has 2 amide bonds. The van der Waals surface area contributed by atoms with Crippen molar-refractivity contribution in [3.63, 3.8) is 0 Å². The number of aromatic nitrogens is 6. The van der Waals surface area contributed by atoms with Gasteiger partial charge in [0.25, 0.3) is 5.91 Å². The van der Waals surface area contributed by atoms with E-state index in [1.165, 1.54) is 6.07 Å². The predicted molar refractivity (Wildman–Crippen MR) is 171 cm³/mol. The maximum Gasteiger partial charge on any atom is 0.271 e. The van der Waals surface area contributed by atoms with Crippen LogP contribution in [-0.4, -0.2) is 92.1 Å². The molecule has 2 fully saturated rings. The molecule has 2 N–H and O–H groups in total. The molecule has 46 heavy (non-hydrogen) atoms. The van der Waals surface area contributed by atoms with Gasteiger partial charge in [0.1, 0.15) is 43.7 Å². The van der Waals surface area contributed by atoms with Crippen molar-refractivity contribution in [3.8, 4) is 11.1 Å². The normalized spacial score (nSPS) is 16.2. The van der Waals surface area contributed by atoms with Crippen molar-refractivity contribution in [2.45, 2.75) is 58.3 Å². The van der Waals surface area contributed by atoms with Crippen LogP contribution >= 0.6 is 10.0 Å². The van der Waals surface area contributed by atoms with Gasteiger partial charge in [0.2, 0.25) is 11.9 Å². The second-order valence-electron chi connectivity index (χ2n) is 13.1. The molecule has 11 nitrogen and oxygen atoms in total. The molecule has 2 saturated carbocycles. The Morgan fingerprint density at radius 3 is 2.35 bits per heavy atom. The van der Waals surface area contributed by atoms with Gasteiger partial charge in [-0.1, -0.05) is 5.21 Å². The minimum atomic E-state index is -1.30. The monoisotopic (exact) mass is 664 g/mol. The molecular weight excluding hydrogens is 621 g/mol. The topological polar surface area (TPSA) is 129 Å². The van der Waals surface area contributed by atoms with Gasteiger partial charge < -0.3 is 15.4 Å². The summed E-state index contributed by atoms with van der Waals surface area (Å²) in [5.41, 5.74) is 2.05. The van der Waals surface area contributed by atoms with E-state index < -0.39 is 53.2 Å². The molecule has 2 aliphatic carbocycles. The summed E-state index contributed by atoms with van der Waals surface area (Å²) in [6.45, 7) is 2.35. The third-order valence-electron chi connectivity index (χ3n) is 8.60. The third kappa shape index (κ3) is 7.91. The zero-order valence-corrected chi connectivity index (χ0v) is 27.7. The number of nitrogens with zero attached hydrogens (tertiary/aromatic N) is 6. The molecule has 3 heterocycles. The first-order chi connectivity index (χ1) is 21.9. The van der Waals surface area contributed by atoms with Crippen molar-refractivity contribution in [2.24, 2.45) is 17.8 Å². The largest absolute Gasteiger partial charge is 0.358 e. The van der Waals surface area contributed by atoms with Gasteiger partial charge in [-0.3, -0.25) is 9.59 Å². The molecule has 0 aliphatic heterocycles. The number of aryl methyl sites for hydroxylation is 1. The molecular formula is C31H43F3N8O3S. The summed E-state index contributed by atoms with van der Waals surface area (Å²) in [5.74, 6) is -0.707. The highest BCUT2D eigenvalue weighted by molar-refractivity contribution is 8.32. The molecule has 0 aromatic carbocycles. The Labute approximate surface area is 268 Å². The van der Waals surface area contributed by atoms with Gasteiger partial charge in [0.05, 0.1) is 18.5 Å². The summed E-state index contributed by atoms with van der Waals surface area (Å²) >= 11 is 0. The number of halogens is 3. The van der Waals surface area contributed by atoms with Crippen LogP contribution in [0.1, 0.15) is 53.6 Å². The van der Waals surface area contributed by atoms with Crippen LogP contribution in [0.25, 0.3) is 11.1 Å². The Morgan fingerprint density at radius 2 is 1.76 bits per heavy atom. The molecule has 0 radical (unpaired) electrons. The number of alkyl halides is 2. The van der Waals surface area contributed by atoms with Crippen LogP contribution in [0.5, 0.6) is 0 Å². The summed E-state index contributed by atoms with van der Waals surface area (Å²) in [4.78, 5) is 31.1. The maximum atomic E-state index is 15.5. The summed E-state index contributed by atoms with van der Waals surface area (Å²) < 4.78 is 50.8. The van der Waals surface area contributed by atoms with E-state index >= 15 is 4.39 Å². The zero-order valence-electron chi connectivity index (χ0n) is 26.9. The van der Waals surface area contributed by atoms with Crippen LogP contribution in [0, 0.1) is 37.5 Å². The number of pyridine rings is 1. The van der Waals surface area contributed by atoms with Crippen LogP contribution < -0.4 is 10.6 Å². The Hall–Kier alpha value is -3.46. The quantitative estimate of drug-likeness (QED) is 0.169. The van der Waals surface area contributed by atoms with E-state index in [1.807, 2.05) is 6.92 Å². The third-order valence-corrected chi connectivity index (χ3v) is 9.99. The number of anilines is 1. The van der Waals surface area contributed by atoms with Crippen LogP contribution in [-0.2, 0) is 16.3 Å². The summed E-state index contributed by atoms with van der Waals surface area (Å²) in [6, 6.07) is 0.791. The molecule has 252 valence electrons. The first kappa shape index (κ1) is 33.9. The number of ether oxygens (including phenoxy) is 1. The minimum absolute atomic E-state index is 0.00631. The second kappa shape index (κ2) is 14.1. The van der Waals surface area contributed by atoms with Crippen LogP contribution in [0.3, 0.4) is 0 Å². The average Bonchev–Trinajstić information content (AvgIpc) is 3.94. The number of carbonyl (C=O) groups excluding carboxylic acids is 2. The highest BCUT2D eigenvalue weighted by atomic mass is 32.3. The van der Waals surface area contributed by atoms with Crippen molar-refractivity contribution in [1.82, 2.24) is 35.1 Å². The molecule has 3 aromatic rings. The Bertz CT molecular complexity index is 1530. The highest BCUT2D eigenvalue weighted by Crippen LogP contribution is 2.51. The molecule has 1 unspecified atom stereocenters. The smallest absolute Gasteiger partial charge is 0.271 e. The van der Waals surface area contributed by atoms with Crippen LogP contribution in [0.4, 0.5) is 19.0 Å². The first-order valence-electron chi connectivity index (χ1n) is 15.5. The van der Waals surface area contributed by atoms with Gasteiger partial charge in [-0.05, 0) is 88.2 Å². The van der Waals surface area contributed by atoms with Crippen molar-refractivity contribution in [2.75, 3.05) is 49.8 Å². The first-order valence-corrected chi connectivity index (χ1v) is 18.5. The molecule has 2 aliphatic rings. The van der Waals surface area contributed by atoms with E-state index in [1.54, 1.807) is 17.7 Å². The molecule has 0 bridgehead atoms. The number of amides is 2. The zero-order chi connectivity index (χ0) is 33.2. The van der Waals surface area contributed by atoms with Gasteiger partial charge in [-0.25, -0.2) is 33.2 Å². The number of hydrogen-bond acceptors (Lipinski definition) is 7. The fraction of sp³-hybridized carbons (Fsp3) is 0.613. The van der Waals surface area contributed by atoms with Crippen molar-refractivity contribution < 1.29 is 27.5 Å². The van der Waals surface area contributed by atoms with Crippen molar-refractivity contribution in [3.05, 3.63) is 41.4 Å². The standard InChI is InChI=1S/C31H43F3N8O3S/c1-18-26(19(2)41(39-18)17-45-12-13-46(3,4)5)23-10-11-25(36-29(23)34)37-31(44)28(27(20-6-7-20)21-8-9-21)38-30(43)24-16-35-40-42(24)22(14-32)15-33/h10-11,16,20-22,27-28H,6-9,12-15,17H2,1-5H3,(H,38,43)(H,36,37,44). The molecule has 3 aromatic heterocycles. The Kier molecular flexibility index (Phi) is 10.4. The molecule has 0 saturated heterocycles. The van der Waals surface area contributed by atoms with Gasteiger partial charge in [0.15, 0.2) is 0 Å². The summed E-state index contributed by atoms with van der Waals surface area (Å²) in [7, 11) is -0.683. The maximum absolute atomic E-state index is 15.5. The fourth-order valence-corrected chi connectivity index (χ4v) is 6.48. The number of nitrogens with one attached hydrogen (secondary N) is 2. The lowest BCUT2D eigenvalue weighted by molar-refractivity contribution is -0.119. The highest BCUT2D eigenvalue weighted by Gasteiger charge is 2.48. The van der Waals surface area contributed by atoms with E-state index in [0.717, 1.165) is 48.0 Å². The predicted octanol–water partition coefficient (Wildman–Crippen LogP) is 4.61. The number of hydrogen-bond donors (Lipinski definition) is 2. The lowest BCUT2D eigenvalue weighted by Gasteiger charge is -2.27. The molecule has 1 atom stereocenters. The second-order valence-corrected chi connectivity index (χ2v) is 17.7. The average molecular weight is 665 g/mol. The van der Waals surface area contributed by atoms with Gasteiger partial charge in [-0.15, -0.1) is 5.10 Å². The lowest BCUT2D eigenvalue weighted by Crippen LogP contribution is -2.50. The van der Waals surface area contributed by atoms with Crippen molar-refractivity contribution >= 4 is 27.7 Å². The van der Waals surface area contributed by atoms with E-state index in [4.69, 9.17) is 4.74 Å². The minimum Gasteiger partial charge on any atom is -0.358 e. The van der Waals surface area contributed by atoms with Gasteiger partial charge >= 0.3 is 0 Å². The SMILES string of the molecule is Cc1nn(COCCS(C)(C)C)c(C)c1-c1ccc(NC(=O)C(NC(=O)c2cnnn2C(CF)CF)C(C2CC2)C2CC2)nc1F. The van der Waals surface area contributed by atoms with Crippen LogP contribution in [0.2, 0.25) is 0 Å². The summed E-state index contributed by atoms with van der Waals surface area (Å²) in [5, 5.41) is 17.4. The van der Waals surface area contributed by atoms with E-state index in [-0.39, 0.29) is 41.6 Å². The Morgan fingerprint density at radius 1 is 1.09 bits per heavy atom. The molecule has 15 heteroatoms. The fourth-order valence-electron chi connectivity index (χ4n) is 5.86. The van der Waals surface area contributed by atoms with Crippen LogP contribution in [0.15, 0.2) is 18.3 Å². The molecule has 5 rings (SSSR count). The van der Waals surface area contributed by atoms with E-state index in [9.17, 15) is 18.4 Å². The number of rotatable bonds is 16. The number of carbonyl (C=O) groups is 2. The Balaban J connectivity index is 1.32. The van der Waals surface area contributed by atoms with E-state index in [0.29, 0.717) is 17.9 Å². The molecule has 0 spiro atoms. The lowest BCUT2D eigenvalue weighted by atomic mass is 9.88. The van der Waals surface area contributed by atoms with Crippen molar-refractivity contribution in [1.29, 1.82) is 0 Å².